The van der Waals surface area contributed by atoms with Crippen LogP contribution in [0.15, 0.2) is 23.3 Å². The highest BCUT2D eigenvalue weighted by Gasteiger charge is 2.70. The fraction of sp³-hybridized carbons (Fsp3) is 0.806. The summed E-state index contributed by atoms with van der Waals surface area (Å²) in [5, 5.41) is 40.4. The number of aliphatic hydroxyl groups is 4. The minimum atomic E-state index is -6.13. The Morgan fingerprint density at radius 1 is 1.02 bits per heavy atom. The number of aliphatic hydroxyl groups excluding tert-OH is 2. The number of hydrogen-bond acceptors (Lipinski definition) is 4. The average molecular weight is 601 g/mol. The Balaban J connectivity index is 1.94. The zero-order chi connectivity index (χ0) is 35.9. The fourth-order valence-electron chi connectivity index (χ4n) is 7.26. The van der Waals surface area contributed by atoms with Crippen molar-refractivity contribution in [2.24, 2.45) is 23.2 Å². The number of alkyl halides is 6. The van der Waals surface area contributed by atoms with Crippen LogP contribution in [-0.4, -0.2) is 56.2 Å². The lowest BCUT2D eigenvalue weighted by Gasteiger charge is -2.45. The molecule has 0 amide bonds. The molecule has 234 valence electrons. The lowest BCUT2D eigenvalue weighted by atomic mass is 9.60. The lowest BCUT2D eigenvalue weighted by molar-refractivity contribution is -0.343. The second kappa shape index (κ2) is 12.6. The Labute approximate surface area is 247 Å². The first-order chi connectivity index (χ1) is 21.3. The SMILES string of the molecule is [2H]C([2H])([2H])C(O)(CCC[C@@H](CC#CC(O)(C(F)(F)F)C(F)(F)F)C1CCC2/C(=C/C=C3C[C@@H](O)C[C@H](O)C3)CCC[C@@]21C)C([2H])([2H])[2H]. The Hall–Kier alpha value is -1.54. The molecule has 0 aromatic rings. The molecule has 41 heavy (non-hydrogen) atoms. The minimum Gasteiger partial charge on any atom is -0.393 e. The van der Waals surface area contributed by atoms with E-state index in [0.717, 1.165) is 29.9 Å². The molecule has 0 radical (unpaired) electrons. The Bertz CT molecular complexity index is 1190. The van der Waals surface area contributed by atoms with Crippen molar-refractivity contribution in [3.05, 3.63) is 23.3 Å². The maximum atomic E-state index is 13.3. The van der Waals surface area contributed by atoms with Gasteiger partial charge in [0.05, 0.1) is 17.8 Å². The van der Waals surface area contributed by atoms with Crippen LogP contribution in [0.5, 0.6) is 0 Å². The number of allylic oxidation sites excluding steroid dienone is 3. The van der Waals surface area contributed by atoms with Crippen molar-refractivity contribution < 1.29 is 55.0 Å². The molecule has 0 aliphatic heterocycles. The highest BCUT2D eigenvalue weighted by molar-refractivity contribution is 5.27. The summed E-state index contributed by atoms with van der Waals surface area (Å²) >= 11 is 0. The number of rotatable bonds is 7. The molecule has 4 nitrogen and oxygen atoms in total. The third-order valence-electron chi connectivity index (χ3n) is 9.25. The predicted molar refractivity (Wildman–Crippen MR) is 143 cm³/mol. The third-order valence-corrected chi connectivity index (χ3v) is 9.25. The maximum Gasteiger partial charge on any atom is 0.438 e. The molecule has 0 aromatic heterocycles. The largest absolute Gasteiger partial charge is 0.438 e. The van der Waals surface area contributed by atoms with Crippen molar-refractivity contribution in [2.75, 3.05) is 0 Å². The van der Waals surface area contributed by atoms with Gasteiger partial charge in [-0.05, 0) is 107 Å². The van der Waals surface area contributed by atoms with Gasteiger partial charge in [0.15, 0.2) is 0 Å². The van der Waals surface area contributed by atoms with E-state index in [1.165, 1.54) is 0 Å². The number of fused-ring (bicyclic) bond motifs is 1. The summed E-state index contributed by atoms with van der Waals surface area (Å²) < 4.78 is 126. The normalized spacial score (nSPS) is 34.2. The van der Waals surface area contributed by atoms with Crippen LogP contribution in [-0.2, 0) is 0 Å². The molecule has 10 heteroatoms. The zero-order valence-corrected chi connectivity index (χ0v) is 23.1. The highest BCUT2D eigenvalue weighted by Crippen LogP contribution is 2.60. The first-order valence-electron chi connectivity index (χ1n) is 17.1. The molecule has 0 spiro atoms. The van der Waals surface area contributed by atoms with Crippen LogP contribution >= 0.6 is 0 Å². The Morgan fingerprint density at radius 2 is 1.66 bits per heavy atom. The molecule has 3 aliphatic rings. The first-order valence-corrected chi connectivity index (χ1v) is 14.1. The molecule has 0 bridgehead atoms. The molecule has 0 saturated heterocycles. The van der Waals surface area contributed by atoms with E-state index in [2.05, 4.69) is 0 Å². The van der Waals surface area contributed by atoms with Crippen LogP contribution in [0.2, 0.25) is 0 Å². The van der Waals surface area contributed by atoms with Gasteiger partial charge in [-0.15, -0.1) is 0 Å². The fourth-order valence-corrected chi connectivity index (χ4v) is 7.26. The van der Waals surface area contributed by atoms with Crippen LogP contribution in [0.3, 0.4) is 0 Å². The van der Waals surface area contributed by atoms with Gasteiger partial charge in [0, 0.05) is 14.6 Å². The number of hydrogen-bond donors (Lipinski definition) is 4. The topological polar surface area (TPSA) is 80.9 Å². The molecule has 0 aromatic carbocycles. The van der Waals surface area contributed by atoms with Crippen molar-refractivity contribution in [1.82, 2.24) is 0 Å². The monoisotopic (exact) mass is 600 g/mol. The predicted octanol–water partition coefficient (Wildman–Crippen LogP) is 6.77. The van der Waals surface area contributed by atoms with E-state index in [1.54, 1.807) is 0 Å². The molecule has 4 N–H and O–H groups in total. The van der Waals surface area contributed by atoms with Crippen molar-refractivity contribution in [3.63, 3.8) is 0 Å². The summed E-state index contributed by atoms with van der Waals surface area (Å²) in [5.74, 6) is 1.92. The second-order valence-corrected chi connectivity index (χ2v) is 12.3. The van der Waals surface area contributed by atoms with E-state index >= 15 is 0 Å². The maximum absolute atomic E-state index is 13.3. The molecular weight excluding hydrogens is 550 g/mol. The van der Waals surface area contributed by atoms with Crippen molar-refractivity contribution in [2.45, 2.75) is 133 Å². The van der Waals surface area contributed by atoms with Gasteiger partial charge in [-0.25, -0.2) is 0 Å². The highest BCUT2D eigenvalue weighted by atomic mass is 19.4. The van der Waals surface area contributed by atoms with E-state index in [0.29, 0.717) is 38.5 Å². The summed E-state index contributed by atoms with van der Waals surface area (Å²) in [7, 11) is 0. The molecule has 2 unspecified atom stereocenters. The summed E-state index contributed by atoms with van der Waals surface area (Å²) in [6.07, 6.45) is -6.71. The van der Waals surface area contributed by atoms with Crippen LogP contribution < -0.4 is 0 Å². The first kappa shape index (κ1) is 25.9. The van der Waals surface area contributed by atoms with Gasteiger partial charge in [0.25, 0.3) is 0 Å². The smallest absolute Gasteiger partial charge is 0.393 e. The van der Waals surface area contributed by atoms with E-state index in [4.69, 9.17) is 8.22 Å². The van der Waals surface area contributed by atoms with Gasteiger partial charge in [-0.2, -0.15) is 26.3 Å². The van der Waals surface area contributed by atoms with E-state index in [9.17, 15) is 46.8 Å². The molecular formula is C31H44F6O4. The molecule has 3 aliphatic carbocycles. The lowest BCUT2D eigenvalue weighted by Crippen LogP contribution is -2.55. The van der Waals surface area contributed by atoms with Crippen LogP contribution in [0.25, 0.3) is 0 Å². The second-order valence-electron chi connectivity index (χ2n) is 12.3. The Kier molecular flexibility index (Phi) is 7.96. The molecule has 3 fully saturated rings. The van der Waals surface area contributed by atoms with Crippen LogP contribution in [0, 0.1) is 35.0 Å². The van der Waals surface area contributed by atoms with Crippen molar-refractivity contribution in [3.8, 4) is 11.8 Å². The van der Waals surface area contributed by atoms with E-state index in [1.807, 2.05) is 25.0 Å². The quantitative estimate of drug-likeness (QED) is 0.192. The van der Waals surface area contributed by atoms with Gasteiger partial charge in [0.2, 0.25) is 0 Å². The summed E-state index contributed by atoms with van der Waals surface area (Å²) in [6, 6.07) is 0. The standard InChI is InChI=1S/C31H44F6O4/c1-27(2,40)14-4-7-21(9-6-16-29(41,30(32,33)34)31(35,36)37)25-12-13-26-22(8-5-15-28(25,26)3)11-10-20-17-23(38)19-24(39)18-20/h10-11,21,23-26,38-41H,4-5,7-9,12-15,17-19H2,1-3H3/b22-11+/t21-,23+,24+,25?,26?,28+/m0/s1/i1D3,2D3. The molecule has 0 heterocycles. The molecule has 6 atom stereocenters. The minimum absolute atomic E-state index is 0.00374. The van der Waals surface area contributed by atoms with Gasteiger partial charge in [-0.1, -0.05) is 42.6 Å². The van der Waals surface area contributed by atoms with Gasteiger partial charge >= 0.3 is 18.0 Å². The summed E-state index contributed by atoms with van der Waals surface area (Å²) in [5.41, 5.74) is -6.84. The van der Waals surface area contributed by atoms with Crippen molar-refractivity contribution in [1.29, 1.82) is 0 Å². The zero-order valence-electron chi connectivity index (χ0n) is 29.1. The van der Waals surface area contributed by atoms with Crippen molar-refractivity contribution >= 4 is 0 Å². The Morgan fingerprint density at radius 3 is 2.24 bits per heavy atom. The molecule has 3 rings (SSSR count). The molecule has 3 saturated carbocycles. The summed E-state index contributed by atoms with van der Waals surface area (Å²) in [4.78, 5) is 0. The number of halogens is 6. The van der Waals surface area contributed by atoms with Gasteiger partial charge < -0.3 is 20.4 Å². The van der Waals surface area contributed by atoms with E-state index < -0.39 is 73.6 Å². The van der Waals surface area contributed by atoms with Crippen LogP contribution in [0.4, 0.5) is 26.3 Å². The van der Waals surface area contributed by atoms with E-state index in [-0.39, 0.29) is 24.7 Å². The summed E-state index contributed by atoms with van der Waals surface area (Å²) in [6.45, 7) is -4.60. The third kappa shape index (κ3) is 8.10. The van der Waals surface area contributed by atoms with Gasteiger partial charge in [-0.3, -0.25) is 0 Å². The van der Waals surface area contributed by atoms with Crippen LogP contribution in [0.1, 0.15) is 106 Å². The van der Waals surface area contributed by atoms with Gasteiger partial charge in [0.1, 0.15) is 0 Å². The average Bonchev–Trinajstić information content (AvgIpc) is 3.25.